The van der Waals surface area contributed by atoms with E-state index in [1.165, 1.54) is 42.0 Å². The Kier molecular flexibility index (Phi) is 5.21. The average Bonchev–Trinajstić information content (AvgIpc) is 2.89. The molecule has 0 aliphatic carbocycles. The van der Waals surface area contributed by atoms with E-state index >= 15 is 0 Å². The van der Waals surface area contributed by atoms with Crippen molar-refractivity contribution >= 4 is 0 Å². The van der Waals surface area contributed by atoms with Gasteiger partial charge < -0.3 is 26.5 Å². The van der Waals surface area contributed by atoms with E-state index in [1.54, 1.807) is 0 Å². The van der Waals surface area contributed by atoms with Gasteiger partial charge in [-0.05, 0) is 49.6 Å². The lowest BCUT2D eigenvalue weighted by Gasteiger charge is -2.18. The van der Waals surface area contributed by atoms with Crippen molar-refractivity contribution < 1.29 is 31.0 Å². The van der Waals surface area contributed by atoms with Crippen LogP contribution in [0.4, 0.5) is 0 Å². The van der Waals surface area contributed by atoms with Crippen LogP contribution in [0.5, 0.6) is 11.5 Å². The number of imidazole rings is 1. The summed E-state index contributed by atoms with van der Waals surface area (Å²) in [5.41, 5.74) is 3.66. The van der Waals surface area contributed by atoms with E-state index in [0.29, 0.717) is 13.2 Å². The Morgan fingerprint density at radius 2 is 1.67 bits per heavy atom. The second kappa shape index (κ2) is 7.77. The van der Waals surface area contributed by atoms with Crippen molar-refractivity contribution in [3.8, 4) is 28.4 Å². The van der Waals surface area contributed by atoms with Crippen LogP contribution in [0.3, 0.4) is 0 Å². The van der Waals surface area contributed by atoms with Crippen LogP contribution in [0.1, 0.15) is 25.1 Å². The van der Waals surface area contributed by atoms with Gasteiger partial charge in [0.05, 0.1) is 6.54 Å². The molecule has 0 bridgehead atoms. The van der Waals surface area contributed by atoms with Crippen LogP contribution in [-0.4, -0.2) is 17.8 Å². The van der Waals surface area contributed by atoms with Crippen molar-refractivity contribution in [2.24, 2.45) is 0 Å². The topological polar surface area (TPSA) is 27.3 Å². The zero-order valence-electron chi connectivity index (χ0n) is 15.2. The first-order valence-electron chi connectivity index (χ1n) is 9.50. The maximum Gasteiger partial charge on any atom is 0.262 e. The van der Waals surface area contributed by atoms with Crippen molar-refractivity contribution in [1.82, 2.24) is 4.57 Å². The molecule has 3 heterocycles. The fourth-order valence-corrected chi connectivity index (χ4v) is 4.02. The SMILES string of the molecule is [Br-].c1ccc(-n2cc(-c3ccc4c(c3)OCCO4)[n+]3c2CCCCC3)cc1. The summed E-state index contributed by atoms with van der Waals surface area (Å²) in [4.78, 5) is 0. The molecule has 2 aliphatic heterocycles. The number of nitrogens with zero attached hydrogens (tertiary/aromatic N) is 2. The number of benzene rings is 2. The number of fused-ring (bicyclic) bond motifs is 2. The molecule has 5 rings (SSSR count). The summed E-state index contributed by atoms with van der Waals surface area (Å²) in [5, 5.41) is 0. The summed E-state index contributed by atoms with van der Waals surface area (Å²) >= 11 is 0. The monoisotopic (exact) mass is 426 g/mol. The van der Waals surface area contributed by atoms with E-state index in [0.717, 1.165) is 24.5 Å². The van der Waals surface area contributed by atoms with Crippen molar-refractivity contribution in [3.63, 3.8) is 0 Å². The molecule has 3 aromatic rings. The third-order valence-electron chi connectivity index (χ3n) is 5.29. The molecule has 1 aromatic heterocycles. The van der Waals surface area contributed by atoms with E-state index < -0.39 is 0 Å². The molecule has 0 N–H and O–H groups in total. The number of hydrogen-bond donors (Lipinski definition) is 0. The zero-order valence-corrected chi connectivity index (χ0v) is 16.8. The van der Waals surface area contributed by atoms with Crippen LogP contribution in [-0.2, 0) is 13.0 Å². The Hall–Kier alpha value is -2.27. The fourth-order valence-electron chi connectivity index (χ4n) is 4.02. The fraction of sp³-hybridized carbons (Fsp3) is 0.318. The molecular weight excluding hydrogens is 404 g/mol. The Bertz CT molecular complexity index is 937. The molecule has 2 aromatic carbocycles. The number of aromatic nitrogens is 2. The van der Waals surface area contributed by atoms with Gasteiger partial charge in [-0.1, -0.05) is 18.2 Å². The third-order valence-corrected chi connectivity index (χ3v) is 5.29. The molecule has 0 saturated heterocycles. The second-order valence-electron chi connectivity index (χ2n) is 6.96. The van der Waals surface area contributed by atoms with Gasteiger partial charge in [-0.2, -0.15) is 4.57 Å². The van der Waals surface area contributed by atoms with E-state index in [9.17, 15) is 0 Å². The quantitative estimate of drug-likeness (QED) is 0.570. The molecule has 0 atom stereocenters. The minimum Gasteiger partial charge on any atom is -1.00 e. The smallest absolute Gasteiger partial charge is 0.262 e. The molecule has 5 heteroatoms. The van der Waals surface area contributed by atoms with E-state index in [4.69, 9.17) is 9.47 Å². The van der Waals surface area contributed by atoms with Crippen LogP contribution >= 0.6 is 0 Å². The highest BCUT2D eigenvalue weighted by Gasteiger charge is 2.27. The molecule has 0 amide bonds. The Morgan fingerprint density at radius 1 is 0.852 bits per heavy atom. The molecule has 0 spiro atoms. The predicted octanol–water partition coefficient (Wildman–Crippen LogP) is 0.933. The number of para-hydroxylation sites is 1. The average molecular weight is 427 g/mol. The lowest BCUT2D eigenvalue weighted by Crippen LogP contribution is -3.00. The summed E-state index contributed by atoms with van der Waals surface area (Å²) in [6, 6.07) is 16.9. The van der Waals surface area contributed by atoms with Crippen molar-refractivity contribution in [1.29, 1.82) is 0 Å². The molecule has 27 heavy (non-hydrogen) atoms. The number of hydrogen-bond acceptors (Lipinski definition) is 2. The molecule has 0 fully saturated rings. The Morgan fingerprint density at radius 3 is 2.52 bits per heavy atom. The Balaban J connectivity index is 0.00000180. The largest absolute Gasteiger partial charge is 1.00 e. The standard InChI is InChI=1S/C22H23N2O2.BrH/c1-3-7-18(8-4-1)24-16-19(23-12-6-2-5-9-22(23)24)17-10-11-20-21(15-17)26-14-13-25-20;/h1,3-4,7-8,10-11,15-16H,2,5-6,9,12-14H2;1H/q+1;/p-1. The highest BCUT2D eigenvalue weighted by atomic mass is 79.9. The van der Waals surface area contributed by atoms with Gasteiger partial charge in [0.25, 0.3) is 5.82 Å². The molecule has 4 nitrogen and oxygen atoms in total. The van der Waals surface area contributed by atoms with E-state index in [1.807, 2.05) is 6.07 Å². The lowest BCUT2D eigenvalue weighted by molar-refractivity contribution is -0.692. The maximum absolute atomic E-state index is 5.80. The predicted molar refractivity (Wildman–Crippen MR) is 99.9 cm³/mol. The van der Waals surface area contributed by atoms with Crippen LogP contribution in [0.25, 0.3) is 16.9 Å². The van der Waals surface area contributed by atoms with Crippen LogP contribution in [0.15, 0.2) is 54.7 Å². The molecule has 0 saturated carbocycles. The van der Waals surface area contributed by atoms with Crippen LogP contribution in [0.2, 0.25) is 0 Å². The summed E-state index contributed by atoms with van der Waals surface area (Å²) in [7, 11) is 0. The van der Waals surface area contributed by atoms with Crippen molar-refractivity contribution in [3.05, 3.63) is 60.6 Å². The van der Waals surface area contributed by atoms with Gasteiger partial charge in [-0.25, -0.2) is 4.57 Å². The van der Waals surface area contributed by atoms with Gasteiger partial charge in [0.15, 0.2) is 17.2 Å². The van der Waals surface area contributed by atoms with Gasteiger partial charge in [-0.15, -0.1) is 0 Å². The highest BCUT2D eigenvalue weighted by Crippen LogP contribution is 2.34. The number of halogens is 1. The molecular formula is C22H23BrN2O2. The number of ether oxygens (including phenoxy) is 2. The summed E-state index contributed by atoms with van der Waals surface area (Å²) in [5.74, 6) is 3.08. The summed E-state index contributed by atoms with van der Waals surface area (Å²) < 4.78 is 16.3. The molecule has 0 unspecified atom stereocenters. The van der Waals surface area contributed by atoms with E-state index in [-0.39, 0.29) is 17.0 Å². The van der Waals surface area contributed by atoms with Gasteiger partial charge in [0.1, 0.15) is 25.1 Å². The van der Waals surface area contributed by atoms with Crippen molar-refractivity contribution in [2.45, 2.75) is 32.2 Å². The van der Waals surface area contributed by atoms with Gasteiger partial charge in [0.2, 0.25) is 0 Å². The molecule has 0 radical (unpaired) electrons. The van der Waals surface area contributed by atoms with Gasteiger partial charge in [0, 0.05) is 12.0 Å². The van der Waals surface area contributed by atoms with E-state index in [2.05, 4.69) is 57.8 Å². The lowest BCUT2D eigenvalue weighted by atomic mass is 10.1. The number of rotatable bonds is 2. The summed E-state index contributed by atoms with van der Waals surface area (Å²) in [6.45, 7) is 2.31. The maximum atomic E-state index is 5.80. The molecule has 2 aliphatic rings. The minimum atomic E-state index is 0. The Labute approximate surface area is 170 Å². The third kappa shape index (κ3) is 3.36. The second-order valence-corrected chi connectivity index (χ2v) is 6.96. The first-order chi connectivity index (χ1) is 12.9. The summed E-state index contributed by atoms with van der Waals surface area (Å²) in [6.07, 6.45) is 7.16. The molecule has 140 valence electrons. The highest BCUT2D eigenvalue weighted by molar-refractivity contribution is 5.62. The zero-order chi connectivity index (χ0) is 17.3. The van der Waals surface area contributed by atoms with Gasteiger partial charge >= 0.3 is 0 Å². The van der Waals surface area contributed by atoms with Crippen LogP contribution < -0.4 is 31.0 Å². The van der Waals surface area contributed by atoms with Crippen LogP contribution in [0, 0.1) is 0 Å². The first-order valence-corrected chi connectivity index (χ1v) is 9.50. The minimum absolute atomic E-state index is 0. The van der Waals surface area contributed by atoms with Crippen molar-refractivity contribution in [2.75, 3.05) is 13.2 Å². The van der Waals surface area contributed by atoms with Gasteiger partial charge in [-0.3, -0.25) is 0 Å². The normalized spacial score (nSPS) is 15.4. The first kappa shape index (κ1) is 18.1.